The quantitative estimate of drug-likeness (QED) is 0.465. The normalized spacial score (nSPS) is 11.4. The van der Waals surface area contributed by atoms with Crippen LogP contribution in [0.4, 0.5) is 39.5 Å². The van der Waals surface area contributed by atoms with E-state index in [4.69, 9.17) is 14.7 Å². The molecule has 0 unspecified atom stereocenters. The van der Waals surface area contributed by atoms with Crippen LogP contribution >= 0.6 is 8.60 Å². The van der Waals surface area contributed by atoms with Crippen LogP contribution in [0.2, 0.25) is 0 Å². The topological polar surface area (TPSA) is 60.7 Å². The van der Waals surface area contributed by atoms with Gasteiger partial charge < -0.3 is 14.7 Å². The van der Waals surface area contributed by atoms with Crippen molar-refractivity contribution in [2.45, 2.75) is 39.3 Å². The van der Waals surface area contributed by atoms with E-state index in [-0.39, 0.29) is 20.8 Å². The summed E-state index contributed by atoms with van der Waals surface area (Å²) in [6, 6.07) is 0. The molecule has 0 radical (unpaired) electrons. The zero-order valence-corrected chi connectivity index (χ0v) is 10.6. The molecule has 19 heavy (non-hydrogen) atoms. The van der Waals surface area contributed by atoms with E-state index in [9.17, 15) is 39.5 Å². The smallest absolute Gasteiger partial charge is 0.328 e. The minimum atomic E-state index is -4.00. The van der Waals surface area contributed by atoms with Crippen LogP contribution in [0.15, 0.2) is 0 Å². The second-order valence-electron chi connectivity index (χ2n) is 2.61. The molecule has 122 valence electrons. The van der Waals surface area contributed by atoms with E-state index in [0.717, 1.165) is 0 Å². The second-order valence-corrected chi connectivity index (χ2v) is 3.15. The van der Waals surface area contributed by atoms with Gasteiger partial charge in [0.25, 0.3) is 0 Å². The Hall–Kier alpha value is -0.320. The van der Waals surface area contributed by atoms with Crippen molar-refractivity contribution in [3.05, 3.63) is 0 Å². The van der Waals surface area contributed by atoms with E-state index in [1.165, 1.54) is 0 Å². The monoisotopic (exact) mass is 334 g/mol. The summed E-state index contributed by atoms with van der Waals surface area (Å²) in [5, 5.41) is 0. The summed E-state index contributed by atoms with van der Waals surface area (Å²) in [5.74, 6) is 0. The third kappa shape index (κ3) is 42400. The number of rotatable bonds is 0. The van der Waals surface area contributed by atoms with Crippen molar-refractivity contribution in [2.75, 3.05) is 0 Å². The van der Waals surface area contributed by atoms with Gasteiger partial charge in [-0.25, -0.2) is 0 Å². The van der Waals surface area contributed by atoms with Crippen LogP contribution in [0.5, 0.6) is 0 Å². The molecule has 0 spiro atoms. The van der Waals surface area contributed by atoms with Crippen molar-refractivity contribution in [3.63, 3.8) is 0 Å². The van der Waals surface area contributed by atoms with E-state index < -0.39 is 27.1 Å². The first-order valence-electron chi connectivity index (χ1n) is 3.80. The summed E-state index contributed by atoms with van der Waals surface area (Å²) in [6.45, 7) is 0.562. The number of halogens is 9. The van der Waals surface area contributed by atoms with Gasteiger partial charge >= 0.3 is 27.1 Å². The lowest BCUT2D eigenvalue weighted by atomic mass is 10.8. The predicted molar refractivity (Wildman–Crippen MR) is 48.8 cm³/mol. The molecule has 3 nitrogen and oxygen atoms in total. The Morgan fingerprint density at radius 3 is 0.526 bits per heavy atom. The molecule has 0 atom stereocenters. The first-order valence-corrected chi connectivity index (χ1v) is 5.00. The van der Waals surface area contributed by atoms with E-state index in [1.807, 2.05) is 0 Å². The molecule has 13 heteroatoms. The van der Waals surface area contributed by atoms with E-state index in [1.54, 1.807) is 0 Å². The molecular formula is C6H12F9O3P. The molecule has 0 fully saturated rings. The van der Waals surface area contributed by atoms with Gasteiger partial charge in [-0.15, -0.1) is 0 Å². The van der Waals surface area contributed by atoms with Gasteiger partial charge in [0, 0.05) is 20.8 Å². The molecule has 0 aliphatic carbocycles. The van der Waals surface area contributed by atoms with Crippen LogP contribution in [0.1, 0.15) is 20.8 Å². The van der Waals surface area contributed by atoms with Crippen LogP contribution in [-0.4, -0.2) is 33.2 Å². The maximum absolute atomic E-state index is 10.4. The third-order valence-corrected chi connectivity index (χ3v) is 0. The molecule has 0 amide bonds. The highest BCUT2D eigenvalue weighted by molar-refractivity contribution is 7.38. The minimum absolute atomic E-state index is 0.188. The van der Waals surface area contributed by atoms with Gasteiger partial charge in [-0.3, -0.25) is 0 Å². The first kappa shape index (κ1) is 27.1. The van der Waals surface area contributed by atoms with Gasteiger partial charge in [0.1, 0.15) is 0 Å². The van der Waals surface area contributed by atoms with Crippen LogP contribution in [-0.2, 0) is 0 Å². The average molecular weight is 334 g/mol. The van der Waals surface area contributed by atoms with E-state index in [2.05, 4.69) is 0 Å². The number of hydrogen-bond donors (Lipinski definition) is 3. The first-order chi connectivity index (χ1) is 7.73. The molecule has 3 N–H and O–H groups in total. The van der Waals surface area contributed by atoms with Gasteiger partial charge in [-0.05, 0) is 0 Å². The molecule has 0 aliphatic heterocycles. The highest BCUT2D eigenvalue weighted by atomic mass is 31.2. The van der Waals surface area contributed by atoms with Crippen molar-refractivity contribution < 1.29 is 54.2 Å². The summed E-state index contributed by atoms with van der Waals surface area (Å²) >= 11 is 0. The van der Waals surface area contributed by atoms with Crippen molar-refractivity contribution >= 4 is 8.60 Å². The maximum Gasteiger partial charge on any atom is 0.386 e. The molecule has 0 heterocycles. The zero-order valence-electron chi connectivity index (χ0n) is 9.69. The summed E-state index contributed by atoms with van der Waals surface area (Å²) in [5.41, 5.74) is 0. The molecule has 0 aromatic heterocycles. The third-order valence-electron chi connectivity index (χ3n) is 0. The van der Waals surface area contributed by atoms with Gasteiger partial charge in [-0.2, -0.15) is 39.5 Å². The molecule has 0 saturated carbocycles. The Morgan fingerprint density at radius 1 is 0.526 bits per heavy atom. The highest BCUT2D eigenvalue weighted by Gasteiger charge is 2.16. The fourth-order valence-corrected chi connectivity index (χ4v) is 0. The van der Waals surface area contributed by atoms with E-state index >= 15 is 0 Å². The number of alkyl halides is 9. The van der Waals surface area contributed by atoms with Crippen LogP contribution in [0.25, 0.3) is 0 Å². The molecular weight excluding hydrogens is 322 g/mol. The van der Waals surface area contributed by atoms with Crippen molar-refractivity contribution in [2.24, 2.45) is 0 Å². The summed E-state index contributed by atoms with van der Waals surface area (Å²) in [4.78, 5) is 21.7. The Labute approximate surface area is 103 Å². The van der Waals surface area contributed by atoms with Crippen molar-refractivity contribution in [1.82, 2.24) is 0 Å². The largest absolute Gasteiger partial charge is 0.386 e. The Kier molecular flexibility index (Phi) is 16.4. The van der Waals surface area contributed by atoms with Crippen LogP contribution in [0, 0.1) is 0 Å². The Bertz CT molecular complexity index is 137. The standard InChI is InChI=1S/3C2H3F3.H3O3P/c3*1-2(3,4)5;1-4(2)3/h3*1H3;1-3H. The molecule has 0 bridgehead atoms. The second kappa shape index (κ2) is 11.5. The van der Waals surface area contributed by atoms with Crippen molar-refractivity contribution in [1.29, 1.82) is 0 Å². The van der Waals surface area contributed by atoms with Gasteiger partial charge in [0.15, 0.2) is 0 Å². The van der Waals surface area contributed by atoms with E-state index in [0.29, 0.717) is 0 Å². The molecule has 0 aromatic rings. The summed E-state index contributed by atoms with van der Waals surface area (Å²) in [6.07, 6.45) is -12.0. The molecule has 0 rings (SSSR count). The number of hydrogen-bond acceptors (Lipinski definition) is 3. The van der Waals surface area contributed by atoms with Gasteiger partial charge in [0.05, 0.1) is 0 Å². The van der Waals surface area contributed by atoms with Crippen LogP contribution in [0.3, 0.4) is 0 Å². The molecule has 0 saturated heterocycles. The highest BCUT2D eigenvalue weighted by Crippen LogP contribution is 2.12. The van der Waals surface area contributed by atoms with Gasteiger partial charge in [0.2, 0.25) is 0 Å². The summed E-state index contributed by atoms with van der Waals surface area (Å²) in [7, 11) is -2.62. The average Bonchev–Trinajstić information content (AvgIpc) is 1.66. The fraction of sp³-hybridized carbons (Fsp3) is 1.00. The van der Waals surface area contributed by atoms with Crippen LogP contribution < -0.4 is 0 Å². The lowest BCUT2D eigenvalue weighted by Crippen LogP contribution is -1.95. The molecule has 0 aliphatic rings. The van der Waals surface area contributed by atoms with Gasteiger partial charge in [-0.1, -0.05) is 0 Å². The SMILES string of the molecule is CC(F)(F)F.CC(F)(F)F.CC(F)(F)F.OP(O)O. The lowest BCUT2D eigenvalue weighted by molar-refractivity contribution is -0.111. The molecule has 0 aromatic carbocycles. The predicted octanol–water partition coefficient (Wildman–Crippen LogP) is 3.90. The summed E-state index contributed by atoms with van der Waals surface area (Å²) < 4.78 is 93.2. The minimum Gasteiger partial charge on any atom is -0.328 e. The zero-order chi connectivity index (χ0) is 17.1. The maximum atomic E-state index is 10.4. The van der Waals surface area contributed by atoms with Crippen molar-refractivity contribution in [3.8, 4) is 0 Å². The fourth-order valence-electron chi connectivity index (χ4n) is 0. The Balaban J connectivity index is -0.0000000793. The lowest BCUT2D eigenvalue weighted by Gasteiger charge is -1.88. The Morgan fingerprint density at radius 2 is 0.526 bits per heavy atom.